The Morgan fingerprint density at radius 1 is 1.24 bits per heavy atom. The van der Waals surface area contributed by atoms with Crippen LogP contribution in [0.15, 0.2) is 35.8 Å². The summed E-state index contributed by atoms with van der Waals surface area (Å²) >= 11 is 0. The molecule has 1 saturated heterocycles. The van der Waals surface area contributed by atoms with Gasteiger partial charge in [0.25, 0.3) is 5.56 Å². The number of hydrogen-bond acceptors (Lipinski definition) is 7. The maximum absolute atomic E-state index is 12.6. The zero-order valence-electron chi connectivity index (χ0n) is 13.7. The number of nitrogens with one attached hydrogen (secondary N) is 1. The second-order valence-corrected chi connectivity index (χ2v) is 5.80. The number of nitrogens with zero attached hydrogens (tertiary/aromatic N) is 7. The summed E-state index contributed by atoms with van der Waals surface area (Å²) in [5.41, 5.74) is 0.117. The number of aromatic nitrogens is 7. The lowest BCUT2D eigenvalue weighted by Gasteiger charge is -2.32. The molecular weight excluding hydrogens is 324 g/mol. The molecule has 0 saturated carbocycles. The Morgan fingerprint density at radius 2 is 2.04 bits per heavy atom. The molecule has 4 heterocycles. The fraction of sp³-hybridized carbons (Fsp3) is 0.400. The van der Waals surface area contributed by atoms with Crippen LogP contribution in [0.1, 0.15) is 12.8 Å². The van der Waals surface area contributed by atoms with Gasteiger partial charge in [-0.15, -0.1) is 5.10 Å². The molecule has 0 spiro atoms. The molecule has 10 nitrogen and oxygen atoms in total. The molecule has 0 unspecified atom stereocenters. The summed E-state index contributed by atoms with van der Waals surface area (Å²) in [5.74, 6) is 1.28. The summed E-state index contributed by atoms with van der Waals surface area (Å²) in [7, 11) is 1.74. The van der Waals surface area contributed by atoms with Gasteiger partial charge >= 0.3 is 0 Å². The fourth-order valence-electron chi connectivity index (χ4n) is 2.98. The number of H-pyrrole nitrogens is 1. The van der Waals surface area contributed by atoms with Gasteiger partial charge in [-0.1, -0.05) is 5.21 Å². The van der Waals surface area contributed by atoms with Crippen molar-refractivity contribution in [2.75, 3.05) is 25.1 Å². The van der Waals surface area contributed by atoms with Crippen LogP contribution >= 0.6 is 0 Å². The number of methoxy groups -OCH3 is 1. The molecule has 1 aliphatic rings. The van der Waals surface area contributed by atoms with E-state index in [-0.39, 0.29) is 5.56 Å². The molecule has 0 atom stereocenters. The van der Waals surface area contributed by atoms with Gasteiger partial charge in [0.05, 0.1) is 24.7 Å². The molecule has 3 aromatic heterocycles. The Labute approximate surface area is 143 Å². The van der Waals surface area contributed by atoms with Gasteiger partial charge in [0.2, 0.25) is 0 Å². The Balaban J connectivity index is 1.61. The average molecular weight is 342 g/mol. The van der Waals surface area contributed by atoms with Crippen molar-refractivity contribution in [1.82, 2.24) is 34.7 Å². The molecule has 0 aromatic carbocycles. The second kappa shape index (κ2) is 6.48. The normalized spacial score (nSPS) is 15.6. The van der Waals surface area contributed by atoms with E-state index in [1.54, 1.807) is 25.6 Å². The first-order chi connectivity index (χ1) is 12.3. The third-order valence-electron chi connectivity index (χ3n) is 4.39. The Hall–Kier alpha value is -3.01. The monoisotopic (exact) mass is 342 g/mol. The van der Waals surface area contributed by atoms with E-state index in [1.807, 2.05) is 0 Å². The smallest absolute Gasteiger partial charge is 0.298 e. The van der Waals surface area contributed by atoms with Crippen LogP contribution in [-0.2, 0) is 4.74 Å². The van der Waals surface area contributed by atoms with E-state index in [4.69, 9.17) is 4.74 Å². The van der Waals surface area contributed by atoms with E-state index in [1.165, 1.54) is 21.9 Å². The van der Waals surface area contributed by atoms with Crippen LogP contribution in [0, 0.1) is 0 Å². The number of rotatable bonds is 4. The minimum Gasteiger partial charge on any atom is -0.381 e. The maximum Gasteiger partial charge on any atom is 0.298 e. The SMILES string of the molecule is COC1CCN(c2cc(-n3[nH]cc(-n4ccnn4)c3=O)ncn2)CC1. The summed E-state index contributed by atoms with van der Waals surface area (Å²) in [6.45, 7) is 1.72. The molecule has 130 valence electrons. The molecule has 3 aromatic rings. The van der Waals surface area contributed by atoms with Gasteiger partial charge in [-0.05, 0) is 12.8 Å². The summed E-state index contributed by atoms with van der Waals surface area (Å²) in [4.78, 5) is 23.3. The van der Waals surface area contributed by atoms with Crippen molar-refractivity contribution in [1.29, 1.82) is 0 Å². The van der Waals surface area contributed by atoms with Crippen molar-refractivity contribution in [2.45, 2.75) is 18.9 Å². The van der Waals surface area contributed by atoms with Crippen molar-refractivity contribution in [3.05, 3.63) is 41.3 Å². The quantitative estimate of drug-likeness (QED) is 0.719. The highest BCUT2D eigenvalue weighted by molar-refractivity contribution is 5.44. The van der Waals surface area contributed by atoms with Crippen molar-refractivity contribution in [2.24, 2.45) is 0 Å². The number of piperidine rings is 1. The lowest BCUT2D eigenvalue weighted by Crippen LogP contribution is -2.37. The molecule has 1 N–H and O–H groups in total. The molecule has 0 bridgehead atoms. The predicted molar refractivity (Wildman–Crippen MR) is 89.1 cm³/mol. The standard InChI is InChI=1S/C15H18N8O2/c1-25-11-2-5-21(6-3-11)13-8-14(17-10-16-13)23-15(24)12(9-19-23)22-7-4-18-20-22/h4,7-11,19H,2-3,5-6H2,1H3. The third-order valence-corrected chi connectivity index (χ3v) is 4.39. The van der Waals surface area contributed by atoms with Crippen molar-refractivity contribution in [3.63, 3.8) is 0 Å². The minimum absolute atomic E-state index is 0.256. The van der Waals surface area contributed by atoms with Crippen LogP contribution in [0.25, 0.3) is 11.5 Å². The van der Waals surface area contributed by atoms with Crippen molar-refractivity contribution >= 4 is 5.82 Å². The molecule has 25 heavy (non-hydrogen) atoms. The molecule has 4 rings (SSSR count). The van der Waals surface area contributed by atoms with E-state index in [2.05, 4.69) is 30.3 Å². The van der Waals surface area contributed by atoms with Gasteiger partial charge in [0.15, 0.2) is 11.5 Å². The van der Waals surface area contributed by atoms with E-state index < -0.39 is 0 Å². The van der Waals surface area contributed by atoms with Crippen molar-refractivity contribution < 1.29 is 4.74 Å². The average Bonchev–Trinajstić information content (AvgIpc) is 3.31. The molecule has 0 radical (unpaired) electrons. The molecule has 1 fully saturated rings. The van der Waals surface area contributed by atoms with Crippen LogP contribution in [0.2, 0.25) is 0 Å². The van der Waals surface area contributed by atoms with E-state index in [9.17, 15) is 4.79 Å². The molecule has 1 aliphatic heterocycles. The van der Waals surface area contributed by atoms with Crippen LogP contribution in [0.4, 0.5) is 5.82 Å². The number of anilines is 1. The maximum atomic E-state index is 12.6. The fourth-order valence-corrected chi connectivity index (χ4v) is 2.98. The van der Waals surface area contributed by atoms with Gasteiger partial charge in [0.1, 0.15) is 12.1 Å². The van der Waals surface area contributed by atoms with E-state index >= 15 is 0 Å². The van der Waals surface area contributed by atoms with E-state index in [0.29, 0.717) is 17.6 Å². The zero-order chi connectivity index (χ0) is 17.2. The van der Waals surface area contributed by atoms with Crippen LogP contribution in [-0.4, -0.2) is 61.0 Å². The number of aromatic amines is 1. The third kappa shape index (κ3) is 2.91. The topological polar surface area (TPSA) is 107 Å². The largest absolute Gasteiger partial charge is 0.381 e. The van der Waals surface area contributed by atoms with Crippen molar-refractivity contribution in [3.8, 4) is 11.5 Å². The summed E-state index contributed by atoms with van der Waals surface area (Å²) in [6, 6.07) is 1.80. The highest BCUT2D eigenvalue weighted by atomic mass is 16.5. The van der Waals surface area contributed by atoms with Gasteiger partial charge in [0, 0.05) is 26.3 Å². The van der Waals surface area contributed by atoms with Gasteiger partial charge in [-0.25, -0.2) is 14.6 Å². The van der Waals surface area contributed by atoms with Gasteiger partial charge < -0.3 is 9.64 Å². The van der Waals surface area contributed by atoms with E-state index in [0.717, 1.165) is 31.7 Å². The molecular formula is C15H18N8O2. The predicted octanol–water partition coefficient (Wildman–Crippen LogP) is 0.151. The van der Waals surface area contributed by atoms with Crippen LogP contribution < -0.4 is 10.5 Å². The minimum atomic E-state index is -0.256. The first kappa shape index (κ1) is 15.5. The molecule has 0 amide bonds. The first-order valence-electron chi connectivity index (χ1n) is 8.03. The number of hydrogen-bond donors (Lipinski definition) is 1. The second-order valence-electron chi connectivity index (χ2n) is 5.80. The van der Waals surface area contributed by atoms with Crippen LogP contribution in [0.3, 0.4) is 0 Å². The highest BCUT2D eigenvalue weighted by Crippen LogP contribution is 2.20. The van der Waals surface area contributed by atoms with Crippen LogP contribution in [0.5, 0.6) is 0 Å². The highest BCUT2D eigenvalue weighted by Gasteiger charge is 2.20. The zero-order valence-corrected chi connectivity index (χ0v) is 13.7. The number of ether oxygens (including phenoxy) is 1. The molecule has 10 heteroatoms. The Morgan fingerprint density at radius 3 is 2.76 bits per heavy atom. The summed E-state index contributed by atoms with van der Waals surface area (Å²) in [6.07, 6.45) is 8.37. The first-order valence-corrected chi connectivity index (χ1v) is 8.03. The Bertz CT molecular complexity index is 892. The molecule has 0 aliphatic carbocycles. The lowest BCUT2D eigenvalue weighted by molar-refractivity contribution is 0.0818. The lowest BCUT2D eigenvalue weighted by atomic mass is 10.1. The summed E-state index contributed by atoms with van der Waals surface area (Å²) in [5, 5.41) is 10.5. The Kier molecular flexibility index (Phi) is 4.02. The van der Waals surface area contributed by atoms with Gasteiger partial charge in [-0.2, -0.15) is 4.68 Å². The van der Waals surface area contributed by atoms with Gasteiger partial charge in [-0.3, -0.25) is 9.89 Å². The summed E-state index contributed by atoms with van der Waals surface area (Å²) < 4.78 is 8.17.